The van der Waals surface area contributed by atoms with Crippen LogP contribution in [0.25, 0.3) is 0 Å². The van der Waals surface area contributed by atoms with Crippen molar-refractivity contribution in [2.75, 3.05) is 26.7 Å². The predicted molar refractivity (Wildman–Crippen MR) is 71.0 cm³/mol. The summed E-state index contributed by atoms with van der Waals surface area (Å²) in [4.78, 5) is 0. The first kappa shape index (κ1) is 12.7. The lowest BCUT2D eigenvalue weighted by atomic mass is 9.89. The number of halogens is 1. The van der Waals surface area contributed by atoms with Gasteiger partial charge in [0, 0.05) is 30.2 Å². The highest BCUT2D eigenvalue weighted by atomic mass is 35.5. The van der Waals surface area contributed by atoms with Crippen molar-refractivity contribution in [3.05, 3.63) is 28.3 Å². The maximum atomic E-state index is 6.22. The van der Waals surface area contributed by atoms with Gasteiger partial charge in [-0.25, -0.2) is 0 Å². The summed E-state index contributed by atoms with van der Waals surface area (Å²) in [6.45, 7) is 6.98. The highest BCUT2D eigenvalue weighted by Gasteiger charge is 2.31. The van der Waals surface area contributed by atoms with Gasteiger partial charge >= 0.3 is 0 Å². The number of rotatable bonds is 2. The van der Waals surface area contributed by atoms with E-state index in [-0.39, 0.29) is 5.54 Å². The Balaban J connectivity index is 2.45. The monoisotopic (exact) mass is 254 g/mol. The fourth-order valence-corrected chi connectivity index (χ4v) is 2.44. The lowest BCUT2D eigenvalue weighted by Gasteiger charge is -2.37. The van der Waals surface area contributed by atoms with Crippen molar-refractivity contribution in [1.29, 1.82) is 0 Å². The summed E-state index contributed by atoms with van der Waals surface area (Å²) in [7, 11) is 1.70. The fraction of sp³-hybridized carbons (Fsp3) is 0.538. The Hall–Kier alpha value is -0.770. The lowest BCUT2D eigenvalue weighted by Crippen LogP contribution is -2.55. The smallest absolute Gasteiger partial charge is 0.124 e. The van der Waals surface area contributed by atoms with E-state index >= 15 is 0 Å². The van der Waals surface area contributed by atoms with Crippen LogP contribution in [0.2, 0.25) is 5.02 Å². The Morgan fingerprint density at radius 3 is 2.71 bits per heavy atom. The molecule has 0 amide bonds. The van der Waals surface area contributed by atoms with E-state index in [4.69, 9.17) is 16.3 Å². The Labute approximate surface area is 107 Å². The highest BCUT2D eigenvalue weighted by molar-refractivity contribution is 6.31. The van der Waals surface area contributed by atoms with Crippen LogP contribution < -0.4 is 15.4 Å². The minimum atomic E-state index is -0.124. The Kier molecular flexibility index (Phi) is 3.61. The molecule has 2 N–H and O–H groups in total. The van der Waals surface area contributed by atoms with Gasteiger partial charge in [0.15, 0.2) is 0 Å². The van der Waals surface area contributed by atoms with Gasteiger partial charge in [-0.3, -0.25) is 0 Å². The van der Waals surface area contributed by atoms with Gasteiger partial charge in [-0.1, -0.05) is 11.6 Å². The van der Waals surface area contributed by atoms with E-state index in [2.05, 4.69) is 17.6 Å². The molecule has 0 radical (unpaired) electrons. The number of nitrogens with one attached hydrogen (secondary N) is 2. The van der Waals surface area contributed by atoms with Gasteiger partial charge in [-0.05, 0) is 31.5 Å². The van der Waals surface area contributed by atoms with Crippen LogP contribution in [-0.2, 0) is 5.54 Å². The summed E-state index contributed by atoms with van der Waals surface area (Å²) < 4.78 is 5.47. The standard InChI is InChI=1S/C13H19ClN2O/c1-9-6-12(17-3)10(7-11(9)14)13(2)8-15-4-5-16-13/h6-7,15-16H,4-5,8H2,1-3H3. The van der Waals surface area contributed by atoms with Crippen molar-refractivity contribution in [3.63, 3.8) is 0 Å². The molecular weight excluding hydrogens is 236 g/mol. The Morgan fingerprint density at radius 2 is 2.12 bits per heavy atom. The summed E-state index contributed by atoms with van der Waals surface area (Å²) in [5.74, 6) is 0.894. The third-order valence-corrected chi connectivity index (χ3v) is 3.78. The number of ether oxygens (including phenoxy) is 1. The summed E-state index contributed by atoms with van der Waals surface area (Å²) in [6, 6.07) is 4.01. The largest absolute Gasteiger partial charge is 0.496 e. The van der Waals surface area contributed by atoms with E-state index in [0.717, 1.165) is 41.5 Å². The Morgan fingerprint density at radius 1 is 1.35 bits per heavy atom. The molecule has 1 unspecified atom stereocenters. The third-order valence-electron chi connectivity index (χ3n) is 3.37. The number of methoxy groups -OCH3 is 1. The minimum Gasteiger partial charge on any atom is -0.496 e. The van der Waals surface area contributed by atoms with Gasteiger partial charge in [-0.15, -0.1) is 0 Å². The molecule has 0 saturated carbocycles. The molecule has 0 bridgehead atoms. The molecule has 1 aliphatic rings. The second-order valence-electron chi connectivity index (χ2n) is 4.74. The first-order chi connectivity index (χ1) is 8.07. The molecule has 1 fully saturated rings. The molecule has 17 heavy (non-hydrogen) atoms. The van der Waals surface area contributed by atoms with Crippen LogP contribution >= 0.6 is 11.6 Å². The van der Waals surface area contributed by atoms with Gasteiger partial charge in [0.05, 0.1) is 12.6 Å². The lowest BCUT2D eigenvalue weighted by molar-refractivity contribution is 0.289. The number of hydrogen-bond donors (Lipinski definition) is 2. The molecule has 0 aliphatic carbocycles. The minimum absolute atomic E-state index is 0.124. The zero-order valence-corrected chi connectivity index (χ0v) is 11.3. The maximum absolute atomic E-state index is 6.22. The molecule has 1 saturated heterocycles. The number of piperazine rings is 1. The molecule has 3 nitrogen and oxygen atoms in total. The van der Waals surface area contributed by atoms with Crippen LogP contribution in [0, 0.1) is 6.92 Å². The van der Waals surface area contributed by atoms with E-state index in [1.807, 2.05) is 19.1 Å². The topological polar surface area (TPSA) is 33.3 Å². The van der Waals surface area contributed by atoms with Crippen LogP contribution in [0.1, 0.15) is 18.1 Å². The Bertz CT molecular complexity index is 414. The molecule has 0 spiro atoms. The zero-order chi connectivity index (χ0) is 12.5. The van der Waals surface area contributed by atoms with Gasteiger partial charge in [-0.2, -0.15) is 0 Å². The average molecular weight is 255 g/mol. The molecule has 4 heteroatoms. The van der Waals surface area contributed by atoms with E-state index in [0.29, 0.717) is 0 Å². The summed E-state index contributed by atoms with van der Waals surface area (Å²) >= 11 is 6.22. The van der Waals surface area contributed by atoms with Gasteiger partial charge in [0.2, 0.25) is 0 Å². The molecule has 1 aliphatic heterocycles. The summed E-state index contributed by atoms with van der Waals surface area (Å²) in [5.41, 5.74) is 2.03. The number of benzene rings is 1. The van der Waals surface area contributed by atoms with E-state index in [9.17, 15) is 0 Å². The van der Waals surface area contributed by atoms with Crippen molar-refractivity contribution in [1.82, 2.24) is 10.6 Å². The van der Waals surface area contributed by atoms with Crippen LogP contribution in [0.3, 0.4) is 0 Å². The molecule has 94 valence electrons. The molecule has 1 heterocycles. The maximum Gasteiger partial charge on any atom is 0.124 e. The predicted octanol–water partition coefficient (Wildman–Crippen LogP) is 2.07. The molecule has 1 aromatic carbocycles. The van der Waals surface area contributed by atoms with Crippen molar-refractivity contribution >= 4 is 11.6 Å². The third kappa shape index (κ3) is 2.41. The van der Waals surface area contributed by atoms with Crippen LogP contribution in [0.4, 0.5) is 0 Å². The van der Waals surface area contributed by atoms with Crippen molar-refractivity contribution in [2.24, 2.45) is 0 Å². The van der Waals surface area contributed by atoms with Crippen molar-refractivity contribution < 1.29 is 4.74 Å². The van der Waals surface area contributed by atoms with Gasteiger partial charge < -0.3 is 15.4 Å². The van der Waals surface area contributed by atoms with Crippen molar-refractivity contribution in [2.45, 2.75) is 19.4 Å². The average Bonchev–Trinajstić information content (AvgIpc) is 2.33. The van der Waals surface area contributed by atoms with E-state index in [1.54, 1.807) is 7.11 Å². The SMILES string of the molecule is COc1cc(C)c(Cl)cc1C1(C)CNCCN1. The van der Waals surface area contributed by atoms with Crippen LogP contribution in [-0.4, -0.2) is 26.7 Å². The molecular formula is C13H19ClN2O. The number of hydrogen-bond acceptors (Lipinski definition) is 3. The summed E-state index contributed by atoms with van der Waals surface area (Å²) in [5, 5.41) is 7.72. The highest BCUT2D eigenvalue weighted by Crippen LogP contribution is 2.34. The second-order valence-corrected chi connectivity index (χ2v) is 5.14. The molecule has 1 atom stereocenters. The molecule has 0 aromatic heterocycles. The quantitative estimate of drug-likeness (QED) is 0.848. The molecule has 2 rings (SSSR count). The van der Waals surface area contributed by atoms with Gasteiger partial charge in [0.25, 0.3) is 0 Å². The first-order valence-electron chi connectivity index (χ1n) is 5.87. The van der Waals surface area contributed by atoms with Crippen LogP contribution in [0.5, 0.6) is 5.75 Å². The fourth-order valence-electron chi connectivity index (χ4n) is 2.27. The number of aryl methyl sites for hydroxylation is 1. The zero-order valence-electron chi connectivity index (χ0n) is 10.6. The van der Waals surface area contributed by atoms with Gasteiger partial charge in [0.1, 0.15) is 5.75 Å². The molecule has 1 aromatic rings. The second kappa shape index (κ2) is 4.84. The summed E-state index contributed by atoms with van der Waals surface area (Å²) in [6.07, 6.45) is 0. The van der Waals surface area contributed by atoms with Crippen LogP contribution in [0.15, 0.2) is 12.1 Å². The van der Waals surface area contributed by atoms with E-state index in [1.165, 1.54) is 0 Å². The first-order valence-corrected chi connectivity index (χ1v) is 6.25. The van der Waals surface area contributed by atoms with Crippen molar-refractivity contribution in [3.8, 4) is 5.75 Å². The normalized spacial score (nSPS) is 24.7. The van der Waals surface area contributed by atoms with E-state index < -0.39 is 0 Å².